The fraction of sp³-hybridized carbons (Fsp3) is 1.00. The van der Waals surface area contributed by atoms with E-state index in [4.69, 9.17) is 14.2 Å². The SMILES string of the molecule is COCCOCCOCCN1CCC(O)C(C)C1. The lowest BCUT2D eigenvalue weighted by Gasteiger charge is -2.34. The van der Waals surface area contributed by atoms with Gasteiger partial charge in [-0.3, -0.25) is 0 Å². The zero-order valence-electron chi connectivity index (χ0n) is 11.6. The molecule has 0 aromatic carbocycles. The smallest absolute Gasteiger partial charge is 0.0701 e. The lowest BCUT2D eigenvalue weighted by Crippen LogP contribution is -2.43. The van der Waals surface area contributed by atoms with Gasteiger partial charge in [-0.1, -0.05) is 6.92 Å². The number of likely N-dealkylation sites (tertiary alicyclic amines) is 1. The lowest BCUT2D eigenvalue weighted by molar-refractivity contribution is 0.00252. The molecule has 0 aliphatic carbocycles. The van der Waals surface area contributed by atoms with Crippen LogP contribution >= 0.6 is 0 Å². The summed E-state index contributed by atoms with van der Waals surface area (Å²) < 4.78 is 15.7. The largest absolute Gasteiger partial charge is 0.393 e. The molecule has 1 rings (SSSR count). The molecule has 1 N–H and O–H groups in total. The Kier molecular flexibility index (Phi) is 8.54. The maximum atomic E-state index is 9.62. The molecule has 0 saturated carbocycles. The highest BCUT2D eigenvalue weighted by atomic mass is 16.5. The van der Waals surface area contributed by atoms with Crippen molar-refractivity contribution in [1.82, 2.24) is 4.90 Å². The summed E-state index contributed by atoms with van der Waals surface area (Å²) in [5.41, 5.74) is 0. The molecule has 0 aromatic rings. The highest BCUT2D eigenvalue weighted by Crippen LogP contribution is 2.15. The number of hydrogen-bond donors (Lipinski definition) is 1. The molecule has 2 atom stereocenters. The van der Waals surface area contributed by atoms with Gasteiger partial charge in [0.05, 0.1) is 39.1 Å². The van der Waals surface area contributed by atoms with Crippen molar-refractivity contribution >= 4 is 0 Å². The first-order valence-electron chi connectivity index (χ1n) is 6.79. The van der Waals surface area contributed by atoms with Crippen LogP contribution in [0.2, 0.25) is 0 Å². The summed E-state index contributed by atoms with van der Waals surface area (Å²) in [6, 6.07) is 0. The van der Waals surface area contributed by atoms with Crippen LogP contribution in [0.4, 0.5) is 0 Å². The molecule has 0 aromatic heterocycles. The average molecular weight is 261 g/mol. The zero-order chi connectivity index (χ0) is 13.2. The van der Waals surface area contributed by atoms with Crippen molar-refractivity contribution in [3.8, 4) is 0 Å². The van der Waals surface area contributed by atoms with Crippen molar-refractivity contribution in [1.29, 1.82) is 0 Å². The van der Waals surface area contributed by atoms with Gasteiger partial charge in [-0.05, 0) is 12.3 Å². The van der Waals surface area contributed by atoms with Crippen LogP contribution in [0.1, 0.15) is 13.3 Å². The van der Waals surface area contributed by atoms with E-state index in [-0.39, 0.29) is 6.10 Å². The molecular formula is C13H27NO4. The van der Waals surface area contributed by atoms with Gasteiger partial charge in [0.15, 0.2) is 0 Å². The van der Waals surface area contributed by atoms with E-state index in [1.165, 1.54) is 0 Å². The standard InChI is InChI=1S/C13H27NO4/c1-12-11-14(4-3-13(12)15)5-6-17-9-10-18-8-7-16-2/h12-13,15H,3-11H2,1-2H3. The molecule has 5 nitrogen and oxygen atoms in total. The maximum Gasteiger partial charge on any atom is 0.0701 e. The van der Waals surface area contributed by atoms with Crippen LogP contribution in [0, 0.1) is 5.92 Å². The maximum absolute atomic E-state index is 9.62. The molecule has 0 spiro atoms. The fourth-order valence-corrected chi connectivity index (χ4v) is 2.08. The Morgan fingerprint density at radius 1 is 1.11 bits per heavy atom. The van der Waals surface area contributed by atoms with E-state index >= 15 is 0 Å². The molecule has 1 saturated heterocycles. The van der Waals surface area contributed by atoms with Gasteiger partial charge < -0.3 is 24.2 Å². The van der Waals surface area contributed by atoms with Crippen LogP contribution in [0.25, 0.3) is 0 Å². The van der Waals surface area contributed by atoms with Gasteiger partial charge in [-0.2, -0.15) is 0 Å². The Labute approximate surface area is 110 Å². The summed E-state index contributed by atoms with van der Waals surface area (Å²) in [6.07, 6.45) is 0.748. The van der Waals surface area contributed by atoms with Gasteiger partial charge >= 0.3 is 0 Å². The molecular weight excluding hydrogens is 234 g/mol. The summed E-state index contributed by atoms with van der Waals surface area (Å²) in [5.74, 6) is 0.371. The number of aliphatic hydroxyl groups is 1. The first kappa shape index (κ1) is 15.9. The number of rotatable bonds is 9. The average Bonchev–Trinajstić information content (AvgIpc) is 2.37. The van der Waals surface area contributed by atoms with E-state index in [0.29, 0.717) is 32.3 Å². The second-order valence-electron chi connectivity index (χ2n) is 4.85. The van der Waals surface area contributed by atoms with Crippen LogP contribution in [-0.4, -0.2) is 75.9 Å². The molecule has 0 radical (unpaired) electrons. The number of nitrogens with zero attached hydrogens (tertiary/aromatic N) is 1. The topological polar surface area (TPSA) is 51.2 Å². The predicted octanol–water partition coefficient (Wildman–Crippen LogP) is 0.369. The minimum atomic E-state index is -0.128. The molecule has 18 heavy (non-hydrogen) atoms. The normalized spacial score (nSPS) is 25.5. The highest BCUT2D eigenvalue weighted by molar-refractivity contribution is 4.76. The minimum absolute atomic E-state index is 0.128. The Bertz CT molecular complexity index is 203. The van der Waals surface area contributed by atoms with Gasteiger partial charge in [0.25, 0.3) is 0 Å². The van der Waals surface area contributed by atoms with Crippen LogP contribution < -0.4 is 0 Å². The molecule has 1 fully saturated rings. The monoisotopic (exact) mass is 261 g/mol. The Hall–Kier alpha value is -0.200. The van der Waals surface area contributed by atoms with E-state index in [9.17, 15) is 5.11 Å². The molecule has 2 unspecified atom stereocenters. The number of piperidine rings is 1. The summed E-state index contributed by atoms with van der Waals surface area (Å²) >= 11 is 0. The lowest BCUT2D eigenvalue weighted by atomic mass is 9.97. The molecule has 1 aliphatic heterocycles. The Morgan fingerprint density at radius 3 is 2.44 bits per heavy atom. The zero-order valence-corrected chi connectivity index (χ0v) is 11.6. The molecule has 108 valence electrons. The number of aliphatic hydroxyl groups excluding tert-OH is 1. The quantitative estimate of drug-likeness (QED) is 0.608. The van der Waals surface area contributed by atoms with Gasteiger partial charge in [-0.15, -0.1) is 0 Å². The Balaban J connectivity index is 1.89. The highest BCUT2D eigenvalue weighted by Gasteiger charge is 2.23. The van der Waals surface area contributed by atoms with E-state index in [0.717, 1.165) is 32.7 Å². The van der Waals surface area contributed by atoms with Gasteiger partial charge in [-0.25, -0.2) is 0 Å². The van der Waals surface area contributed by atoms with Crippen LogP contribution in [-0.2, 0) is 14.2 Å². The third-order valence-electron chi connectivity index (χ3n) is 3.30. The van der Waals surface area contributed by atoms with Gasteiger partial charge in [0.2, 0.25) is 0 Å². The second kappa shape index (κ2) is 9.69. The van der Waals surface area contributed by atoms with Crippen LogP contribution in [0.15, 0.2) is 0 Å². The number of ether oxygens (including phenoxy) is 3. The molecule has 0 bridgehead atoms. The number of hydrogen-bond acceptors (Lipinski definition) is 5. The fourth-order valence-electron chi connectivity index (χ4n) is 2.08. The summed E-state index contributed by atoms with van der Waals surface area (Å²) in [7, 11) is 1.66. The molecule has 1 heterocycles. The third-order valence-corrected chi connectivity index (χ3v) is 3.30. The van der Waals surface area contributed by atoms with Crippen LogP contribution in [0.3, 0.4) is 0 Å². The minimum Gasteiger partial charge on any atom is -0.393 e. The van der Waals surface area contributed by atoms with E-state index in [1.807, 2.05) is 0 Å². The van der Waals surface area contributed by atoms with Crippen molar-refractivity contribution in [2.45, 2.75) is 19.4 Å². The van der Waals surface area contributed by atoms with E-state index < -0.39 is 0 Å². The first-order valence-corrected chi connectivity index (χ1v) is 6.79. The summed E-state index contributed by atoms with van der Waals surface area (Å²) in [6.45, 7) is 8.23. The predicted molar refractivity (Wildman–Crippen MR) is 69.7 cm³/mol. The van der Waals surface area contributed by atoms with Gasteiger partial charge in [0, 0.05) is 26.7 Å². The molecule has 0 amide bonds. The van der Waals surface area contributed by atoms with E-state index in [2.05, 4.69) is 11.8 Å². The van der Waals surface area contributed by atoms with Gasteiger partial charge in [0.1, 0.15) is 0 Å². The van der Waals surface area contributed by atoms with Crippen LogP contribution in [0.5, 0.6) is 0 Å². The summed E-state index contributed by atoms with van der Waals surface area (Å²) in [4.78, 5) is 2.35. The van der Waals surface area contributed by atoms with Crippen molar-refractivity contribution < 1.29 is 19.3 Å². The third kappa shape index (κ3) is 6.66. The summed E-state index contributed by atoms with van der Waals surface area (Å²) in [5, 5.41) is 9.62. The van der Waals surface area contributed by atoms with E-state index in [1.54, 1.807) is 7.11 Å². The van der Waals surface area contributed by atoms with Crippen molar-refractivity contribution in [3.63, 3.8) is 0 Å². The first-order chi connectivity index (χ1) is 8.74. The van der Waals surface area contributed by atoms with Crippen molar-refractivity contribution in [3.05, 3.63) is 0 Å². The number of methoxy groups -OCH3 is 1. The van der Waals surface area contributed by atoms with Crippen molar-refractivity contribution in [2.24, 2.45) is 5.92 Å². The molecule has 5 heteroatoms. The Morgan fingerprint density at radius 2 is 1.78 bits per heavy atom. The second-order valence-corrected chi connectivity index (χ2v) is 4.85. The van der Waals surface area contributed by atoms with Crippen molar-refractivity contribution in [2.75, 3.05) is 59.8 Å². The molecule has 1 aliphatic rings.